The van der Waals surface area contributed by atoms with E-state index in [4.69, 9.17) is 9.15 Å². The third-order valence-electron chi connectivity index (χ3n) is 5.63. The topological polar surface area (TPSA) is 72.6 Å². The average Bonchev–Trinajstić information content (AvgIpc) is 3.54. The van der Waals surface area contributed by atoms with Crippen LogP contribution in [0.2, 0.25) is 0 Å². The van der Waals surface area contributed by atoms with Gasteiger partial charge in [0.25, 0.3) is 0 Å². The molecule has 1 aliphatic rings. The molecule has 0 atom stereocenters. The van der Waals surface area contributed by atoms with E-state index in [1.165, 1.54) is 9.87 Å². The lowest BCUT2D eigenvalue weighted by Gasteiger charge is -2.26. The van der Waals surface area contributed by atoms with Gasteiger partial charge in [-0.25, -0.2) is 13.4 Å². The highest BCUT2D eigenvalue weighted by molar-refractivity contribution is 7.89. The van der Waals surface area contributed by atoms with E-state index in [1.54, 1.807) is 35.6 Å². The molecule has 0 spiro atoms. The van der Waals surface area contributed by atoms with Gasteiger partial charge in [0, 0.05) is 29.6 Å². The summed E-state index contributed by atoms with van der Waals surface area (Å²) < 4.78 is 38.3. The Bertz CT molecular complexity index is 1400. The molecule has 0 aliphatic carbocycles. The fourth-order valence-corrected chi connectivity index (χ4v) is 5.83. The standard InChI is InChI=1S/C26H24N2O4S2/c1-19-2-4-20(5-3-19)24-18-33-26(27-24)13-9-22-8-12-25(32-22)21-6-10-23(11-7-21)34(29,30)28-14-16-31-17-15-28/h2-13,18H,14-17H2,1H3. The zero-order chi connectivity index (χ0) is 23.5. The third-order valence-corrected chi connectivity index (χ3v) is 8.36. The number of hydrogen-bond donors (Lipinski definition) is 0. The second kappa shape index (κ2) is 9.68. The maximum absolute atomic E-state index is 12.8. The minimum Gasteiger partial charge on any atom is -0.457 e. The Labute approximate surface area is 203 Å². The van der Waals surface area contributed by atoms with Crippen LogP contribution in [0.1, 0.15) is 16.3 Å². The van der Waals surface area contributed by atoms with E-state index in [-0.39, 0.29) is 4.90 Å². The monoisotopic (exact) mass is 492 g/mol. The highest BCUT2D eigenvalue weighted by Gasteiger charge is 2.26. The summed E-state index contributed by atoms with van der Waals surface area (Å²) in [5.74, 6) is 1.38. The van der Waals surface area contributed by atoms with Crippen molar-refractivity contribution in [2.24, 2.45) is 0 Å². The number of benzene rings is 2. The summed E-state index contributed by atoms with van der Waals surface area (Å²) in [5.41, 5.74) is 4.09. The molecule has 4 aromatic rings. The summed E-state index contributed by atoms with van der Waals surface area (Å²) in [4.78, 5) is 4.96. The molecule has 174 valence electrons. The molecule has 8 heteroatoms. The van der Waals surface area contributed by atoms with Crippen LogP contribution < -0.4 is 0 Å². The van der Waals surface area contributed by atoms with Crippen molar-refractivity contribution in [3.8, 4) is 22.6 Å². The Hall–Kier alpha value is -3.04. The van der Waals surface area contributed by atoms with Crippen LogP contribution in [-0.2, 0) is 14.8 Å². The van der Waals surface area contributed by atoms with Gasteiger partial charge in [0.15, 0.2) is 0 Å². The van der Waals surface area contributed by atoms with Crippen LogP contribution in [0, 0.1) is 6.92 Å². The van der Waals surface area contributed by atoms with Crippen LogP contribution in [0.15, 0.2) is 75.4 Å². The SMILES string of the molecule is Cc1ccc(-c2csc(C=Cc3ccc(-c4ccc(S(=O)(=O)N5CCOCC5)cc4)o3)n2)cc1. The first-order chi connectivity index (χ1) is 16.5. The highest BCUT2D eigenvalue weighted by Crippen LogP contribution is 2.27. The second-order valence-electron chi connectivity index (χ2n) is 8.01. The molecular weight excluding hydrogens is 468 g/mol. The van der Waals surface area contributed by atoms with Crippen LogP contribution in [-0.4, -0.2) is 44.0 Å². The number of ether oxygens (including phenoxy) is 1. The molecule has 0 radical (unpaired) electrons. The summed E-state index contributed by atoms with van der Waals surface area (Å²) in [5, 5.41) is 2.94. The van der Waals surface area contributed by atoms with E-state index in [2.05, 4.69) is 36.2 Å². The first-order valence-corrected chi connectivity index (χ1v) is 13.3. The molecular formula is C26H24N2O4S2. The number of sulfonamides is 1. The van der Waals surface area contributed by atoms with Gasteiger partial charge in [-0.3, -0.25) is 0 Å². The summed E-state index contributed by atoms with van der Waals surface area (Å²) >= 11 is 1.58. The van der Waals surface area contributed by atoms with E-state index in [1.807, 2.05) is 29.7 Å². The predicted octanol–water partition coefficient (Wildman–Crippen LogP) is 5.57. The summed E-state index contributed by atoms with van der Waals surface area (Å²) in [6, 6.07) is 18.9. The number of rotatable bonds is 6. The average molecular weight is 493 g/mol. The normalized spacial score (nSPS) is 15.2. The molecule has 0 N–H and O–H groups in total. The molecule has 2 aromatic heterocycles. The van der Waals surface area contributed by atoms with Crippen molar-refractivity contribution < 1.29 is 17.6 Å². The van der Waals surface area contributed by atoms with Crippen molar-refractivity contribution in [2.45, 2.75) is 11.8 Å². The molecule has 0 saturated carbocycles. The zero-order valence-corrected chi connectivity index (χ0v) is 20.3. The fraction of sp³-hybridized carbons (Fsp3) is 0.192. The smallest absolute Gasteiger partial charge is 0.243 e. The molecule has 1 fully saturated rings. The summed E-state index contributed by atoms with van der Waals surface area (Å²) in [6.45, 7) is 3.67. The highest BCUT2D eigenvalue weighted by atomic mass is 32.2. The lowest BCUT2D eigenvalue weighted by molar-refractivity contribution is 0.0730. The molecule has 0 amide bonds. The van der Waals surface area contributed by atoms with Crippen molar-refractivity contribution in [2.75, 3.05) is 26.3 Å². The number of aryl methyl sites for hydroxylation is 1. The molecule has 3 heterocycles. The van der Waals surface area contributed by atoms with Crippen molar-refractivity contribution in [1.29, 1.82) is 0 Å². The van der Waals surface area contributed by atoms with E-state index >= 15 is 0 Å². The maximum Gasteiger partial charge on any atom is 0.243 e. The van der Waals surface area contributed by atoms with Gasteiger partial charge in [-0.2, -0.15) is 4.31 Å². The van der Waals surface area contributed by atoms with E-state index < -0.39 is 10.0 Å². The van der Waals surface area contributed by atoms with E-state index in [0.717, 1.165) is 21.8 Å². The number of furan rings is 1. The Morgan fingerprint density at radius 3 is 2.35 bits per heavy atom. The van der Waals surface area contributed by atoms with Gasteiger partial charge in [-0.05, 0) is 55.5 Å². The zero-order valence-electron chi connectivity index (χ0n) is 18.7. The van der Waals surface area contributed by atoms with Crippen molar-refractivity contribution in [1.82, 2.24) is 9.29 Å². The molecule has 0 bridgehead atoms. The van der Waals surface area contributed by atoms with E-state index in [9.17, 15) is 8.42 Å². The lowest BCUT2D eigenvalue weighted by atomic mass is 10.1. The Kier molecular flexibility index (Phi) is 6.47. The van der Waals surface area contributed by atoms with Crippen LogP contribution in [0.5, 0.6) is 0 Å². The minimum atomic E-state index is -3.51. The first-order valence-electron chi connectivity index (χ1n) is 11.0. The summed E-state index contributed by atoms with van der Waals surface area (Å²) in [7, 11) is -3.51. The number of aromatic nitrogens is 1. The largest absolute Gasteiger partial charge is 0.457 e. The quantitative estimate of drug-likeness (QED) is 0.352. The van der Waals surface area contributed by atoms with Gasteiger partial charge < -0.3 is 9.15 Å². The molecule has 1 saturated heterocycles. The van der Waals surface area contributed by atoms with Crippen LogP contribution >= 0.6 is 11.3 Å². The van der Waals surface area contributed by atoms with Crippen LogP contribution in [0.25, 0.3) is 34.7 Å². The second-order valence-corrected chi connectivity index (χ2v) is 10.8. The van der Waals surface area contributed by atoms with Gasteiger partial charge in [0.2, 0.25) is 10.0 Å². The Morgan fingerprint density at radius 1 is 0.912 bits per heavy atom. The van der Waals surface area contributed by atoms with Crippen LogP contribution in [0.4, 0.5) is 0 Å². The molecule has 0 unspecified atom stereocenters. The predicted molar refractivity (Wildman–Crippen MR) is 135 cm³/mol. The first kappa shape index (κ1) is 22.7. The third kappa shape index (κ3) is 4.90. The van der Waals surface area contributed by atoms with Gasteiger partial charge in [-0.15, -0.1) is 11.3 Å². The number of hydrogen-bond acceptors (Lipinski definition) is 6. The van der Waals surface area contributed by atoms with Gasteiger partial charge >= 0.3 is 0 Å². The molecule has 6 nitrogen and oxygen atoms in total. The van der Waals surface area contributed by atoms with E-state index in [0.29, 0.717) is 37.8 Å². The molecule has 5 rings (SSSR count). The Morgan fingerprint density at radius 2 is 1.62 bits per heavy atom. The number of morpholine rings is 1. The van der Waals surface area contributed by atoms with Crippen molar-refractivity contribution in [3.63, 3.8) is 0 Å². The van der Waals surface area contributed by atoms with Crippen molar-refractivity contribution >= 4 is 33.5 Å². The number of nitrogens with zero attached hydrogens (tertiary/aromatic N) is 2. The number of thiazole rings is 1. The maximum atomic E-state index is 12.8. The van der Waals surface area contributed by atoms with Crippen LogP contribution in [0.3, 0.4) is 0 Å². The van der Waals surface area contributed by atoms with Crippen molar-refractivity contribution in [3.05, 3.63) is 82.4 Å². The minimum absolute atomic E-state index is 0.276. The van der Waals surface area contributed by atoms with Gasteiger partial charge in [0.05, 0.1) is 23.8 Å². The molecule has 2 aromatic carbocycles. The van der Waals surface area contributed by atoms with Gasteiger partial charge in [-0.1, -0.05) is 29.8 Å². The fourth-order valence-electron chi connectivity index (χ4n) is 3.70. The summed E-state index contributed by atoms with van der Waals surface area (Å²) in [6.07, 6.45) is 3.82. The lowest BCUT2D eigenvalue weighted by Crippen LogP contribution is -2.40. The Balaban J connectivity index is 1.28. The van der Waals surface area contributed by atoms with Gasteiger partial charge in [0.1, 0.15) is 16.5 Å². The molecule has 34 heavy (non-hydrogen) atoms. The molecule has 1 aliphatic heterocycles.